The highest BCUT2D eigenvalue weighted by Crippen LogP contribution is 2.25. The van der Waals surface area contributed by atoms with Crippen LogP contribution in [0.15, 0.2) is 48.8 Å². The number of carbonyl (C=O) groups excluding carboxylic acids is 2. The smallest absolute Gasteiger partial charge is 0.251 e. The molecule has 0 aliphatic rings. The number of benzene rings is 2. The van der Waals surface area contributed by atoms with E-state index in [1.807, 2.05) is 30.3 Å². The molecule has 0 radical (unpaired) electrons. The molecule has 0 spiro atoms. The summed E-state index contributed by atoms with van der Waals surface area (Å²) in [5.41, 5.74) is 3.60. The summed E-state index contributed by atoms with van der Waals surface area (Å²) in [7, 11) is 1.61. The standard InChI is InChI=1S/C22H25N5O4/c1-31-17-7-5-6-16(13-17)26-21-18-10-9-15(12-19(18)24-14-25-21)22(29)23-11-4-2-3-8-20(28)27-30/h5-7,9-10,12-14,30H,2-4,8,11H2,1H3,(H,23,29)(H,27,28)(H,24,25,26). The predicted molar refractivity (Wildman–Crippen MR) is 117 cm³/mol. The second kappa shape index (κ2) is 10.9. The lowest BCUT2D eigenvalue weighted by Crippen LogP contribution is -2.24. The Bertz CT molecular complexity index is 1060. The summed E-state index contributed by atoms with van der Waals surface area (Å²) in [6.45, 7) is 0.504. The van der Waals surface area contributed by atoms with Crippen LogP contribution in [-0.4, -0.2) is 40.6 Å². The van der Waals surface area contributed by atoms with Crippen molar-refractivity contribution in [2.24, 2.45) is 0 Å². The third kappa shape index (κ3) is 6.13. The molecule has 9 heteroatoms. The van der Waals surface area contributed by atoms with Crippen molar-refractivity contribution >= 4 is 34.2 Å². The molecule has 0 aliphatic carbocycles. The molecule has 31 heavy (non-hydrogen) atoms. The molecule has 0 atom stereocenters. The predicted octanol–water partition coefficient (Wildman–Crippen LogP) is 3.18. The lowest BCUT2D eigenvalue weighted by molar-refractivity contribution is -0.129. The van der Waals surface area contributed by atoms with Gasteiger partial charge in [-0.25, -0.2) is 15.4 Å². The Hall–Kier alpha value is -3.72. The normalized spacial score (nSPS) is 10.5. The first-order valence-electron chi connectivity index (χ1n) is 9.97. The van der Waals surface area contributed by atoms with Gasteiger partial charge in [-0.1, -0.05) is 12.5 Å². The fraction of sp³-hybridized carbons (Fsp3) is 0.273. The Morgan fingerprint density at radius 1 is 1.06 bits per heavy atom. The van der Waals surface area contributed by atoms with Crippen LogP contribution in [0.25, 0.3) is 10.9 Å². The lowest BCUT2D eigenvalue weighted by atomic mass is 10.1. The van der Waals surface area contributed by atoms with Crippen LogP contribution in [0.2, 0.25) is 0 Å². The number of carbonyl (C=O) groups is 2. The van der Waals surface area contributed by atoms with Gasteiger partial charge in [-0.15, -0.1) is 0 Å². The number of nitrogens with one attached hydrogen (secondary N) is 3. The first-order valence-corrected chi connectivity index (χ1v) is 9.97. The third-order valence-electron chi connectivity index (χ3n) is 4.72. The maximum Gasteiger partial charge on any atom is 0.251 e. The van der Waals surface area contributed by atoms with Crippen LogP contribution in [0.4, 0.5) is 11.5 Å². The minimum Gasteiger partial charge on any atom is -0.497 e. The van der Waals surface area contributed by atoms with Gasteiger partial charge in [0.05, 0.1) is 12.6 Å². The van der Waals surface area contributed by atoms with E-state index in [-0.39, 0.29) is 12.3 Å². The first kappa shape index (κ1) is 22.0. The first-order chi connectivity index (χ1) is 15.1. The average molecular weight is 423 g/mol. The zero-order valence-electron chi connectivity index (χ0n) is 17.2. The SMILES string of the molecule is COc1cccc(Nc2ncnc3cc(C(=O)NCCCCCC(=O)NO)ccc23)c1. The number of hydroxylamine groups is 1. The maximum atomic E-state index is 12.4. The number of methoxy groups -OCH3 is 1. The van der Waals surface area contributed by atoms with Crippen molar-refractivity contribution in [2.75, 3.05) is 19.0 Å². The molecule has 4 N–H and O–H groups in total. The quantitative estimate of drug-likeness (QED) is 0.224. The molecule has 162 valence electrons. The van der Waals surface area contributed by atoms with Gasteiger partial charge in [-0.3, -0.25) is 14.8 Å². The van der Waals surface area contributed by atoms with Crippen molar-refractivity contribution in [1.82, 2.24) is 20.8 Å². The summed E-state index contributed by atoms with van der Waals surface area (Å²) >= 11 is 0. The molecule has 3 aromatic rings. The molecule has 3 rings (SSSR count). The monoisotopic (exact) mass is 423 g/mol. The van der Waals surface area contributed by atoms with Crippen molar-refractivity contribution in [3.05, 3.63) is 54.4 Å². The molecule has 1 aromatic heterocycles. The van der Waals surface area contributed by atoms with Crippen molar-refractivity contribution < 1.29 is 19.5 Å². The van der Waals surface area contributed by atoms with E-state index in [0.29, 0.717) is 29.9 Å². The summed E-state index contributed by atoms with van der Waals surface area (Å²) in [6.07, 6.45) is 3.89. The highest BCUT2D eigenvalue weighted by Gasteiger charge is 2.10. The van der Waals surface area contributed by atoms with Gasteiger partial charge in [0.25, 0.3) is 5.91 Å². The Balaban J connectivity index is 1.61. The number of hydrogen-bond acceptors (Lipinski definition) is 7. The minimum atomic E-state index is -0.401. The second-order valence-corrected chi connectivity index (χ2v) is 6.91. The lowest BCUT2D eigenvalue weighted by Gasteiger charge is -2.10. The van der Waals surface area contributed by atoms with Gasteiger partial charge in [-0.2, -0.15) is 0 Å². The summed E-state index contributed by atoms with van der Waals surface area (Å²) in [5.74, 6) is 0.787. The highest BCUT2D eigenvalue weighted by molar-refractivity contribution is 6.00. The fourth-order valence-electron chi connectivity index (χ4n) is 3.08. The number of rotatable bonds is 10. The molecule has 9 nitrogen and oxygen atoms in total. The van der Waals surface area contributed by atoms with E-state index in [4.69, 9.17) is 9.94 Å². The Morgan fingerprint density at radius 2 is 1.94 bits per heavy atom. The zero-order valence-corrected chi connectivity index (χ0v) is 17.2. The number of ether oxygens (including phenoxy) is 1. The number of nitrogens with zero attached hydrogens (tertiary/aromatic N) is 2. The van der Waals surface area contributed by atoms with E-state index < -0.39 is 5.91 Å². The third-order valence-corrected chi connectivity index (χ3v) is 4.72. The van der Waals surface area contributed by atoms with Crippen LogP contribution in [0, 0.1) is 0 Å². The molecule has 1 heterocycles. The van der Waals surface area contributed by atoms with E-state index in [2.05, 4.69) is 20.6 Å². The molecule has 0 aliphatic heterocycles. The highest BCUT2D eigenvalue weighted by atomic mass is 16.5. The summed E-state index contributed by atoms with van der Waals surface area (Å²) < 4.78 is 5.25. The van der Waals surface area contributed by atoms with E-state index in [0.717, 1.165) is 29.7 Å². The van der Waals surface area contributed by atoms with E-state index in [9.17, 15) is 9.59 Å². The molecule has 0 fully saturated rings. The second-order valence-electron chi connectivity index (χ2n) is 6.91. The van der Waals surface area contributed by atoms with E-state index >= 15 is 0 Å². The van der Waals surface area contributed by atoms with Crippen LogP contribution in [0.3, 0.4) is 0 Å². The van der Waals surface area contributed by atoms with E-state index in [1.54, 1.807) is 24.7 Å². The molecule has 0 saturated carbocycles. The van der Waals surface area contributed by atoms with Gasteiger partial charge < -0.3 is 15.4 Å². The average Bonchev–Trinajstić information content (AvgIpc) is 2.80. The molecule has 2 aromatic carbocycles. The Labute approximate surface area is 179 Å². The summed E-state index contributed by atoms with van der Waals surface area (Å²) in [5, 5.41) is 15.4. The fourth-order valence-corrected chi connectivity index (χ4v) is 3.08. The van der Waals surface area contributed by atoms with Crippen LogP contribution in [0.5, 0.6) is 5.75 Å². The van der Waals surface area contributed by atoms with Gasteiger partial charge in [-0.05, 0) is 43.2 Å². The van der Waals surface area contributed by atoms with E-state index in [1.165, 1.54) is 6.33 Å². The molecule has 2 amide bonds. The molecule has 0 unspecified atom stereocenters. The Morgan fingerprint density at radius 3 is 2.74 bits per heavy atom. The molecular formula is C22H25N5O4. The zero-order chi connectivity index (χ0) is 22.1. The van der Waals surface area contributed by atoms with Gasteiger partial charge in [0.15, 0.2) is 0 Å². The molecular weight excluding hydrogens is 398 g/mol. The molecule has 0 bridgehead atoms. The number of aromatic nitrogens is 2. The van der Waals surface area contributed by atoms with Gasteiger partial charge in [0, 0.05) is 35.7 Å². The number of anilines is 2. The summed E-state index contributed by atoms with van der Waals surface area (Å²) in [6, 6.07) is 12.8. The number of unbranched alkanes of at least 4 members (excludes halogenated alkanes) is 2. The van der Waals surface area contributed by atoms with Crippen molar-refractivity contribution in [3.8, 4) is 5.75 Å². The maximum absolute atomic E-state index is 12.4. The summed E-state index contributed by atoms with van der Waals surface area (Å²) in [4.78, 5) is 32.0. The number of hydrogen-bond donors (Lipinski definition) is 4. The van der Waals surface area contributed by atoms with Crippen LogP contribution < -0.4 is 20.9 Å². The largest absolute Gasteiger partial charge is 0.497 e. The molecule has 0 saturated heterocycles. The minimum absolute atomic E-state index is 0.184. The van der Waals surface area contributed by atoms with Crippen LogP contribution in [-0.2, 0) is 4.79 Å². The Kier molecular flexibility index (Phi) is 7.72. The van der Waals surface area contributed by atoms with Gasteiger partial charge in [0.2, 0.25) is 5.91 Å². The van der Waals surface area contributed by atoms with Gasteiger partial charge in [0.1, 0.15) is 17.9 Å². The van der Waals surface area contributed by atoms with Crippen molar-refractivity contribution in [2.45, 2.75) is 25.7 Å². The van der Waals surface area contributed by atoms with Crippen LogP contribution in [0.1, 0.15) is 36.0 Å². The number of amides is 2. The number of fused-ring (bicyclic) bond motifs is 1. The van der Waals surface area contributed by atoms with Crippen molar-refractivity contribution in [3.63, 3.8) is 0 Å². The van der Waals surface area contributed by atoms with Gasteiger partial charge >= 0.3 is 0 Å². The van der Waals surface area contributed by atoms with Crippen LogP contribution >= 0.6 is 0 Å². The van der Waals surface area contributed by atoms with Crippen molar-refractivity contribution in [1.29, 1.82) is 0 Å². The topological polar surface area (TPSA) is 125 Å².